The lowest BCUT2D eigenvalue weighted by atomic mass is 10.1. The molecule has 0 aliphatic rings. The molecule has 1 aromatic heterocycles. The van der Waals surface area contributed by atoms with Crippen LogP contribution in [0.1, 0.15) is 15.9 Å². The Labute approximate surface area is 128 Å². The molecule has 0 saturated heterocycles. The van der Waals surface area contributed by atoms with Gasteiger partial charge < -0.3 is 10.1 Å². The van der Waals surface area contributed by atoms with Crippen LogP contribution < -0.4 is 5.32 Å². The van der Waals surface area contributed by atoms with Crippen LogP contribution in [0.15, 0.2) is 35.1 Å². The molecule has 2 aromatic rings. The largest absolute Gasteiger partial charge is 0.465 e. The molecule has 2 rings (SSSR count). The number of esters is 1. The van der Waals surface area contributed by atoms with Crippen LogP contribution in [0, 0.1) is 11.6 Å². The zero-order chi connectivity index (χ0) is 15.4. The van der Waals surface area contributed by atoms with E-state index in [9.17, 15) is 13.6 Å². The number of anilines is 1. The lowest BCUT2D eigenvalue weighted by Crippen LogP contribution is -2.08. The van der Waals surface area contributed by atoms with E-state index < -0.39 is 17.6 Å². The van der Waals surface area contributed by atoms with Gasteiger partial charge in [0, 0.05) is 29.5 Å². The minimum Gasteiger partial charge on any atom is -0.465 e. The fourth-order valence-corrected chi connectivity index (χ4v) is 2.11. The minimum absolute atomic E-state index is 0.0109. The Morgan fingerprint density at radius 1 is 1.29 bits per heavy atom. The van der Waals surface area contributed by atoms with Crippen LogP contribution in [0.4, 0.5) is 14.5 Å². The van der Waals surface area contributed by atoms with Crippen molar-refractivity contribution in [2.45, 2.75) is 6.54 Å². The molecule has 21 heavy (non-hydrogen) atoms. The Morgan fingerprint density at radius 3 is 2.71 bits per heavy atom. The predicted molar refractivity (Wildman–Crippen MR) is 77.0 cm³/mol. The van der Waals surface area contributed by atoms with Gasteiger partial charge >= 0.3 is 5.97 Å². The first kappa shape index (κ1) is 15.4. The first-order valence-electron chi connectivity index (χ1n) is 5.92. The first-order chi connectivity index (χ1) is 10.0. The number of hydrogen-bond acceptors (Lipinski definition) is 4. The molecular weight excluding hydrogens is 346 g/mol. The second kappa shape index (κ2) is 6.62. The number of hydrogen-bond donors (Lipinski definition) is 1. The number of halogens is 3. The van der Waals surface area contributed by atoms with E-state index in [-0.39, 0.29) is 17.8 Å². The molecule has 0 bridgehead atoms. The van der Waals surface area contributed by atoms with Crippen LogP contribution in [0.3, 0.4) is 0 Å². The van der Waals surface area contributed by atoms with Crippen LogP contribution in [-0.4, -0.2) is 18.1 Å². The standard InChI is InChI=1S/C14H11BrF2N2O2/c1-21-14(20)10-3-13(12(17)4-11(10)16)19-6-8-2-9(15)7-18-5-8/h2-5,7,19H,6H2,1H3. The number of rotatable bonds is 4. The van der Waals surface area contributed by atoms with Gasteiger partial charge in [0.2, 0.25) is 0 Å². The zero-order valence-corrected chi connectivity index (χ0v) is 12.6. The van der Waals surface area contributed by atoms with Crippen molar-refractivity contribution in [2.75, 3.05) is 12.4 Å². The van der Waals surface area contributed by atoms with E-state index >= 15 is 0 Å². The van der Waals surface area contributed by atoms with Crippen LogP contribution in [0.2, 0.25) is 0 Å². The van der Waals surface area contributed by atoms with Crippen molar-refractivity contribution in [1.82, 2.24) is 4.98 Å². The number of ether oxygens (including phenoxy) is 1. The fraction of sp³-hybridized carbons (Fsp3) is 0.143. The molecule has 1 N–H and O–H groups in total. The Balaban J connectivity index is 2.21. The topological polar surface area (TPSA) is 51.2 Å². The smallest absolute Gasteiger partial charge is 0.340 e. The summed E-state index contributed by atoms with van der Waals surface area (Å²) in [5.74, 6) is -2.61. The summed E-state index contributed by atoms with van der Waals surface area (Å²) in [5, 5.41) is 2.79. The molecule has 4 nitrogen and oxygen atoms in total. The summed E-state index contributed by atoms with van der Waals surface area (Å²) in [6.07, 6.45) is 3.23. The molecule has 0 amide bonds. The summed E-state index contributed by atoms with van der Waals surface area (Å²) in [4.78, 5) is 15.4. The SMILES string of the molecule is COC(=O)c1cc(NCc2cncc(Br)c2)c(F)cc1F. The lowest BCUT2D eigenvalue weighted by Gasteiger charge is -2.10. The summed E-state index contributed by atoms with van der Waals surface area (Å²) < 4.78 is 32.4. The maximum atomic E-state index is 13.7. The van der Waals surface area contributed by atoms with Crippen LogP contribution in [0.5, 0.6) is 0 Å². The number of pyridine rings is 1. The van der Waals surface area contributed by atoms with Crippen molar-refractivity contribution in [2.24, 2.45) is 0 Å². The Hall–Kier alpha value is -2.02. The summed E-state index contributed by atoms with van der Waals surface area (Å²) in [7, 11) is 1.13. The third-order valence-electron chi connectivity index (χ3n) is 2.71. The summed E-state index contributed by atoms with van der Waals surface area (Å²) in [5.41, 5.74) is 0.485. The average molecular weight is 357 g/mol. The lowest BCUT2D eigenvalue weighted by molar-refractivity contribution is 0.0595. The number of aromatic nitrogens is 1. The minimum atomic E-state index is -0.964. The van der Waals surface area contributed by atoms with Gasteiger partial charge in [0.05, 0.1) is 18.4 Å². The first-order valence-corrected chi connectivity index (χ1v) is 6.71. The van der Waals surface area contributed by atoms with E-state index in [0.29, 0.717) is 6.07 Å². The number of carbonyl (C=O) groups excluding carboxylic acids is 1. The monoisotopic (exact) mass is 356 g/mol. The Kier molecular flexibility index (Phi) is 4.85. The second-order valence-corrected chi connectivity index (χ2v) is 5.08. The van der Waals surface area contributed by atoms with Crippen molar-refractivity contribution in [3.8, 4) is 0 Å². The molecule has 0 unspecified atom stereocenters. The zero-order valence-electron chi connectivity index (χ0n) is 11.0. The van der Waals surface area contributed by atoms with Crippen molar-refractivity contribution in [3.63, 3.8) is 0 Å². The Bertz CT molecular complexity index is 680. The number of benzene rings is 1. The van der Waals surface area contributed by atoms with E-state index in [1.54, 1.807) is 12.4 Å². The Morgan fingerprint density at radius 2 is 2.05 bits per heavy atom. The molecule has 0 aliphatic heterocycles. The number of methoxy groups -OCH3 is 1. The van der Waals surface area contributed by atoms with Crippen LogP contribution in [-0.2, 0) is 11.3 Å². The molecule has 0 saturated carbocycles. The molecule has 110 valence electrons. The van der Waals surface area contributed by atoms with Crippen molar-refractivity contribution in [3.05, 3.63) is 57.8 Å². The van der Waals surface area contributed by atoms with Gasteiger partial charge in [-0.05, 0) is 33.6 Å². The number of nitrogens with one attached hydrogen (secondary N) is 1. The normalized spacial score (nSPS) is 10.3. The van der Waals surface area contributed by atoms with Gasteiger partial charge in [0.25, 0.3) is 0 Å². The van der Waals surface area contributed by atoms with Gasteiger partial charge in [-0.25, -0.2) is 13.6 Å². The molecular formula is C14H11BrF2N2O2. The third-order valence-corrected chi connectivity index (χ3v) is 3.14. The van der Waals surface area contributed by atoms with Crippen LogP contribution in [0.25, 0.3) is 0 Å². The second-order valence-electron chi connectivity index (χ2n) is 4.17. The molecule has 7 heteroatoms. The maximum absolute atomic E-state index is 13.7. The molecule has 0 aliphatic carbocycles. The van der Waals surface area contributed by atoms with E-state index in [1.807, 2.05) is 6.07 Å². The third kappa shape index (κ3) is 3.75. The molecule has 0 spiro atoms. The van der Waals surface area contributed by atoms with Gasteiger partial charge in [-0.1, -0.05) is 0 Å². The van der Waals surface area contributed by atoms with Crippen molar-refractivity contribution >= 4 is 27.6 Å². The predicted octanol–water partition coefficient (Wildman–Crippen LogP) is 3.52. The molecule has 0 fully saturated rings. The molecule has 0 atom stereocenters. The van der Waals surface area contributed by atoms with E-state index in [2.05, 4.69) is 31.0 Å². The van der Waals surface area contributed by atoms with Crippen LogP contribution >= 0.6 is 15.9 Å². The summed E-state index contributed by atoms with van der Waals surface area (Å²) in [6, 6.07) is 3.54. The summed E-state index contributed by atoms with van der Waals surface area (Å²) >= 11 is 3.28. The van der Waals surface area contributed by atoms with Gasteiger partial charge in [0.15, 0.2) is 0 Å². The van der Waals surface area contributed by atoms with E-state index in [4.69, 9.17) is 0 Å². The van der Waals surface area contributed by atoms with E-state index in [0.717, 1.165) is 23.2 Å². The highest BCUT2D eigenvalue weighted by molar-refractivity contribution is 9.10. The van der Waals surface area contributed by atoms with Gasteiger partial charge in [-0.2, -0.15) is 0 Å². The number of nitrogens with zero attached hydrogens (tertiary/aromatic N) is 1. The quantitative estimate of drug-likeness (QED) is 0.851. The van der Waals surface area contributed by atoms with Crippen molar-refractivity contribution < 1.29 is 18.3 Å². The molecule has 1 heterocycles. The molecule has 0 radical (unpaired) electrons. The van der Waals surface area contributed by atoms with Gasteiger partial charge in [-0.3, -0.25) is 4.98 Å². The summed E-state index contributed by atoms with van der Waals surface area (Å²) in [6.45, 7) is 0.273. The van der Waals surface area contributed by atoms with Gasteiger partial charge in [0.1, 0.15) is 11.6 Å². The van der Waals surface area contributed by atoms with Crippen molar-refractivity contribution in [1.29, 1.82) is 0 Å². The fourth-order valence-electron chi connectivity index (χ4n) is 1.70. The highest BCUT2D eigenvalue weighted by atomic mass is 79.9. The highest BCUT2D eigenvalue weighted by Crippen LogP contribution is 2.21. The number of carbonyl (C=O) groups is 1. The van der Waals surface area contributed by atoms with E-state index in [1.165, 1.54) is 0 Å². The highest BCUT2D eigenvalue weighted by Gasteiger charge is 2.16. The molecule has 1 aromatic carbocycles. The van der Waals surface area contributed by atoms with Gasteiger partial charge in [-0.15, -0.1) is 0 Å². The average Bonchev–Trinajstić information content (AvgIpc) is 2.45. The maximum Gasteiger partial charge on any atom is 0.340 e.